The summed E-state index contributed by atoms with van der Waals surface area (Å²) < 4.78 is 0. The first-order valence-corrected chi connectivity index (χ1v) is 5.12. The molecule has 0 saturated heterocycles. The lowest BCUT2D eigenvalue weighted by molar-refractivity contribution is 0.199. The Morgan fingerprint density at radius 3 is 2.40 bits per heavy atom. The average Bonchev–Trinajstić information content (AvgIpc) is 2.81. The lowest BCUT2D eigenvalue weighted by atomic mass is 10.0. The van der Waals surface area contributed by atoms with Gasteiger partial charge >= 0.3 is 0 Å². The van der Waals surface area contributed by atoms with Crippen molar-refractivity contribution in [1.82, 2.24) is 0 Å². The molecule has 0 heterocycles. The van der Waals surface area contributed by atoms with E-state index in [-0.39, 0.29) is 5.92 Å². The van der Waals surface area contributed by atoms with Gasteiger partial charge in [-0.25, -0.2) is 0 Å². The number of hydrogen-bond donors (Lipinski definition) is 1. The van der Waals surface area contributed by atoms with Crippen LogP contribution in [0, 0.1) is 5.92 Å². The Bertz CT molecular complexity index is 375. The van der Waals surface area contributed by atoms with Gasteiger partial charge < -0.3 is 5.11 Å². The molecular formula is C14H14O. The molecule has 0 aromatic heterocycles. The summed E-state index contributed by atoms with van der Waals surface area (Å²) in [5.41, 5.74) is 1.11. The van der Waals surface area contributed by atoms with Gasteiger partial charge in [-0.1, -0.05) is 66.8 Å². The van der Waals surface area contributed by atoms with Gasteiger partial charge in [0, 0.05) is 5.92 Å². The van der Waals surface area contributed by atoms with E-state index in [0.717, 1.165) is 5.56 Å². The van der Waals surface area contributed by atoms with Gasteiger partial charge in [-0.05, 0) is 5.56 Å². The lowest BCUT2D eigenvalue weighted by Crippen LogP contribution is -2.11. The van der Waals surface area contributed by atoms with Crippen molar-refractivity contribution >= 4 is 6.08 Å². The van der Waals surface area contributed by atoms with Gasteiger partial charge in [-0.15, -0.1) is 0 Å². The maximum absolute atomic E-state index is 9.82. The number of aliphatic hydroxyl groups excluding tert-OH is 1. The number of rotatable bonds is 3. The molecule has 1 aromatic carbocycles. The van der Waals surface area contributed by atoms with E-state index in [1.54, 1.807) is 0 Å². The molecule has 0 radical (unpaired) electrons. The van der Waals surface area contributed by atoms with Crippen molar-refractivity contribution in [2.45, 2.75) is 6.10 Å². The Labute approximate surface area is 90.1 Å². The average molecular weight is 198 g/mol. The maximum atomic E-state index is 9.82. The molecular weight excluding hydrogens is 184 g/mol. The SMILES string of the molecule is OC(C=Cc1ccccc1)C1C=CC=C1. The lowest BCUT2D eigenvalue weighted by Gasteiger charge is -2.09. The Hall–Kier alpha value is -1.60. The minimum atomic E-state index is -0.430. The summed E-state index contributed by atoms with van der Waals surface area (Å²) in [6.45, 7) is 0. The summed E-state index contributed by atoms with van der Waals surface area (Å²) in [7, 11) is 0. The molecule has 1 aliphatic carbocycles. The molecule has 1 aromatic rings. The third-order valence-corrected chi connectivity index (χ3v) is 2.46. The molecule has 1 unspecified atom stereocenters. The van der Waals surface area contributed by atoms with E-state index in [1.165, 1.54) is 0 Å². The van der Waals surface area contributed by atoms with E-state index in [9.17, 15) is 5.11 Å². The summed E-state index contributed by atoms with van der Waals surface area (Å²) in [6.07, 6.45) is 11.3. The molecule has 1 atom stereocenters. The molecule has 76 valence electrons. The van der Waals surface area contributed by atoms with Crippen molar-refractivity contribution in [2.24, 2.45) is 5.92 Å². The van der Waals surface area contributed by atoms with Crippen molar-refractivity contribution in [3.63, 3.8) is 0 Å². The zero-order valence-electron chi connectivity index (χ0n) is 8.45. The van der Waals surface area contributed by atoms with Gasteiger partial charge in [0.15, 0.2) is 0 Å². The molecule has 0 spiro atoms. The minimum absolute atomic E-state index is 0.130. The second-order valence-electron chi connectivity index (χ2n) is 3.61. The minimum Gasteiger partial charge on any atom is -0.388 e. The first kappa shape index (κ1) is 9.94. The van der Waals surface area contributed by atoms with E-state index in [1.807, 2.05) is 66.8 Å². The summed E-state index contributed by atoms with van der Waals surface area (Å²) in [5.74, 6) is 0.130. The highest BCUT2D eigenvalue weighted by atomic mass is 16.3. The van der Waals surface area contributed by atoms with E-state index in [4.69, 9.17) is 0 Å². The van der Waals surface area contributed by atoms with Crippen LogP contribution in [0.1, 0.15) is 5.56 Å². The van der Waals surface area contributed by atoms with Crippen LogP contribution in [-0.4, -0.2) is 11.2 Å². The molecule has 15 heavy (non-hydrogen) atoms. The van der Waals surface area contributed by atoms with Gasteiger partial charge in [-0.3, -0.25) is 0 Å². The Kier molecular flexibility index (Phi) is 3.15. The van der Waals surface area contributed by atoms with Gasteiger partial charge in [0.2, 0.25) is 0 Å². The molecule has 0 fully saturated rings. The molecule has 0 aliphatic heterocycles. The van der Waals surface area contributed by atoms with Crippen LogP contribution in [0.4, 0.5) is 0 Å². The first-order chi connectivity index (χ1) is 7.36. The summed E-state index contributed by atoms with van der Waals surface area (Å²) in [6, 6.07) is 9.99. The predicted molar refractivity (Wildman–Crippen MR) is 63.3 cm³/mol. The van der Waals surface area contributed by atoms with Crippen molar-refractivity contribution < 1.29 is 5.11 Å². The molecule has 1 N–H and O–H groups in total. The second-order valence-corrected chi connectivity index (χ2v) is 3.61. The number of benzene rings is 1. The molecule has 0 amide bonds. The summed E-state index contributed by atoms with van der Waals surface area (Å²) >= 11 is 0. The Morgan fingerprint density at radius 1 is 1.07 bits per heavy atom. The molecule has 1 heteroatoms. The third kappa shape index (κ3) is 2.67. The fourth-order valence-electron chi connectivity index (χ4n) is 1.58. The van der Waals surface area contributed by atoms with Gasteiger partial charge in [-0.2, -0.15) is 0 Å². The first-order valence-electron chi connectivity index (χ1n) is 5.12. The topological polar surface area (TPSA) is 20.2 Å². The molecule has 2 rings (SSSR count). The predicted octanol–water partition coefficient (Wildman–Crippen LogP) is 2.80. The van der Waals surface area contributed by atoms with Crippen molar-refractivity contribution in [3.05, 3.63) is 66.3 Å². The summed E-state index contributed by atoms with van der Waals surface area (Å²) in [4.78, 5) is 0. The maximum Gasteiger partial charge on any atom is 0.0821 e. The van der Waals surface area contributed by atoms with Crippen LogP contribution in [0.3, 0.4) is 0 Å². The second kappa shape index (κ2) is 4.76. The third-order valence-electron chi connectivity index (χ3n) is 2.46. The fraction of sp³-hybridized carbons (Fsp3) is 0.143. The van der Waals surface area contributed by atoms with Gasteiger partial charge in [0.1, 0.15) is 0 Å². The van der Waals surface area contributed by atoms with Crippen LogP contribution in [0.25, 0.3) is 6.08 Å². The largest absolute Gasteiger partial charge is 0.388 e. The van der Waals surface area contributed by atoms with Gasteiger partial charge in [0.25, 0.3) is 0 Å². The van der Waals surface area contributed by atoms with Crippen LogP contribution in [0.5, 0.6) is 0 Å². The van der Waals surface area contributed by atoms with Crippen LogP contribution in [0.15, 0.2) is 60.7 Å². The standard InChI is InChI=1S/C14H14O/c15-14(13-8-4-5-9-13)11-10-12-6-2-1-3-7-12/h1-11,13-15H. The Balaban J connectivity index is 1.99. The zero-order chi connectivity index (χ0) is 10.5. The molecule has 0 saturated carbocycles. The van der Waals surface area contributed by atoms with Crippen LogP contribution >= 0.6 is 0 Å². The van der Waals surface area contributed by atoms with Gasteiger partial charge in [0.05, 0.1) is 6.10 Å². The van der Waals surface area contributed by atoms with Crippen LogP contribution in [-0.2, 0) is 0 Å². The highest BCUT2D eigenvalue weighted by molar-refractivity contribution is 5.49. The number of aliphatic hydroxyl groups is 1. The highest BCUT2D eigenvalue weighted by Crippen LogP contribution is 2.15. The van der Waals surface area contributed by atoms with Crippen molar-refractivity contribution in [2.75, 3.05) is 0 Å². The van der Waals surface area contributed by atoms with E-state index in [0.29, 0.717) is 0 Å². The Morgan fingerprint density at radius 2 is 1.73 bits per heavy atom. The van der Waals surface area contributed by atoms with Crippen LogP contribution < -0.4 is 0 Å². The van der Waals surface area contributed by atoms with Crippen molar-refractivity contribution in [1.29, 1.82) is 0 Å². The smallest absolute Gasteiger partial charge is 0.0821 e. The molecule has 0 bridgehead atoms. The molecule has 1 aliphatic rings. The number of hydrogen-bond acceptors (Lipinski definition) is 1. The zero-order valence-corrected chi connectivity index (χ0v) is 8.45. The van der Waals surface area contributed by atoms with E-state index < -0.39 is 6.10 Å². The normalized spacial score (nSPS) is 17.7. The van der Waals surface area contributed by atoms with Crippen LogP contribution in [0.2, 0.25) is 0 Å². The van der Waals surface area contributed by atoms with E-state index in [2.05, 4.69) is 0 Å². The number of allylic oxidation sites excluding steroid dienone is 2. The van der Waals surface area contributed by atoms with E-state index >= 15 is 0 Å². The quantitative estimate of drug-likeness (QED) is 0.791. The van der Waals surface area contributed by atoms with Crippen molar-refractivity contribution in [3.8, 4) is 0 Å². The highest BCUT2D eigenvalue weighted by Gasteiger charge is 2.11. The fourth-order valence-corrected chi connectivity index (χ4v) is 1.58. The molecule has 1 nitrogen and oxygen atoms in total. The monoisotopic (exact) mass is 198 g/mol. The summed E-state index contributed by atoms with van der Waals surface area (Å²) in [5, 5.41) is 9.82.